The predicted octanol–water partition coefficient (Wildman–Crippen LogP) is 3.70. The van der Waals surface area contributed by atoms with E-state index in [1.165, 1.54) is 12.1 Å². The molecule has 1 amide bonds. The van der Waals surface area contributed by atoms with E-state index in [1.807, 2.05) is 36.1 Å². The van der Waals surface area contributed by atoms with Gasteiger partial charge in [0.2, 0.25) is 5.91 Å². The zero-order valence-electron chi connectivity index (χ0n) is 17.2. The molecule has 1 aliphatic heterocycles. The second kappa shape index (κ2) is 11.7. The van der Waals surface area contributed by atoms with E-state index in [9.17, 15) is 9.18 Å². The molecule has 0 aliphatic carbocycles. The molecule has 1 atom stereocenters. The van der Waals surface area contributed by atoms with Gasteiger partial charge < -0.3 is 20.3 Å². The van der Waals surface area contributed by atoms with Crippen LogP contribution in [0.1, 0.15) is 25.3 Å². The lowest BCUT2D eigenvalue weighted by Crippen LogP contribution is -2.41. The Balaban J connectivity index is 0.00000320. The number of carbonyl (C=O) groups is 1. The van der Waals surface area contributed by atoms with Crippen molar-refractivity contribution in [3.8, 4) is 5.75 Å². The van der Waals surface area contributed by atoms with Crippen LogP contribution in [0.25, 0.3) is 0 Å². The average molecular weight is 526 g/mol. The zero-order valence-corrected chi connectivity index (χ0v) is 19.6. The molecule has 0 saturated carbocycles. The number of rotatable bonds is 7. The van der Waals surface area contributed by atoms with Gasteiger partial charge in [-0.2, -0.15) is 0 Å². The Bertz CT molecular complexity index is 860. The standard InChI is InChI=1S/C22H27FN4O2.HI/c1-16(29-20-6-3-5-18(23)13-20)14-25-22(24-2)26-15-17-8-10-19(11-9-17)27-12-4-7-21(27)28;/h3,5-6,8-11,13,16H,4,7,12,14-15H2,1-2H3,(H2,24,25,26);1H. The summed E-state index contributed by atoms with van der Waals surface area (Å²) in [4.78, 5) is 17.9. The van der Waals surface area contributed by atoms with E-state index >= 15 is 0 Å². The van der Waals surface area contributed by atoms with E-state index in [1.54, 1.807) is 19.2 Å². The van der Waals surface area contributed by atoms with Gasteiger partial charge in [0.25, 0.3) is 0 Å². The van der Waals surface area contributed by atoms with Gasteiger partial charge in [-0.3, -0.25) is 9.79 Å². The average Bonchev–Trinajstić information content (AvgIpc) is 3.14. The summed E-state index contributed by atoms with van der Waals surface area (Å²) >= 11 is 0. The van der Waals surface area contributed by atoms with Gasteiger partial charge in [0.15, 0.2) is 5.96 Å². The fourth-order valence-corrected chi connectivity index (χ4v) is 3.18. The minimum atomic E-state index is -0.319. The third-order valence-corrected chi connectivity index (χ3v) is 4.70. The second-order valence-electron chi connectivity index (χ2n) is 7.01. The number of nitrogens with one attached hydrogen (secondary N) is 2. The molecule has 1 unspecified atom stereocenters. The first-order chi connectivity index (χ1) is 14.0. The summed E-state index contributed by atoms with van der Waals surface area (Å²) in [5.74, 6) is 1.02. The van der Waals surface area contributed by atoms with Gasteiger partial charge in [0.05, 0.1) is 6.54 Å². The van der Waals surface area contributed by atoms with Crippen LogP contribution < -0.4 is 20.3 Å². The molecule has 0 radical (unpaired) electrons. The molecule has 6 nitrogen and oxygen atoms in total. The molecule has 2 N–H and O–H groups in total. The topological polar surface area (TPSA) is 66.0 Å². The smallest absolute Gasteiger partial charge is 0.227 e. The van der Waals surface area contributed by atoms with Crippen LogP contribution in [0.3, 0.4) is 0 Å². The molecule has 1 aliphatic rings. The molecule has 8 heteroatoms. The van der Waals surface area contributed by atoms with E-state index in [0.29, 0.717) is 31.2 Å². The first-order valence-electron chi connectivity index (χ1n) is 9.81. The summed E-state index contributed by atoms with van der Waals surface area (Å²) in [6.07, 6.45) is 1.39. The number of nitrogens with zero attached hydrogens (tertiary/aromatic N) is 2. The van der Waals surface area contributed by atoms with Gasteiger partial charge in [0, 0.05) is 38.3 Å². The van der Waals surface area contributed by atoms with Crippen molar-refractivity contribution in [3.05, 3.63) is 59.9 Å². The van der Waals surface area contributed by atoms with E-state index in [-0.39, 0.29) is 41.8 Å². The number of amides is 1. The van der Waals surface area contributed by atoms with Gasteiger partial charge in [-0.15, -0.1) is 24.0 Å². The fraction of sp³-hybridized carbons (Fsp3) is 0.364. The lowest BCUT2D eigenvalue weighted by molar-refractivity contribution is -0.117. The van der Waals surface area contributed by atoms with Crippen LogP contribution in [0.2, 0.25) is 0 Å². The third-order valence-electron chi connectivity index (χ3n) is 4.70. The first-order valence-corrected chi connectivity index (χ1v) is 9.81. The van der Waals surface area contributed by atoms with Crippen molar-refractivity contribution < 1.29 is 13.9 Å². The Morgan fingerprint density at radius 1 is 1.23 bits per heavy atom. The SMILES string of the molecule is CN=C(NCc1ccc(N2CCCC2=O)cc1)NCC(C)Oc1cccc(F)c1.I. The summed E-state index contributed by atoms with van der Waals surface area (Å²) in [6, 6.07) is 14.1. The molecule has 1 heterocycles. The van der Waals surface area contributed by atoms with E-state index < -0.39 is 0 Å². The number of guanidine groups is 1. The fourth-order valence-electron chi connectivity index (χ4n) is 3.18. The Hall–Kier alpha value is -2.36. The van der Waals surface area contributed by atoms with Gasteiger partial charge >= 0.3 is 0 Å². The summed E-state index contributed by atoms with van der Waals surface area (Å²) in [6.45, 7) is 3.83. The van der Waals surface area contributed by atoms with Crippen LogP contribution >= 0.6 is 24.0 Å². The molecule has 30 heavy (non-hydrogen) atoms. The first kappa shape index (κ1) is 23.9. The van der Waals surface area contributed by atoms with Crippen molar-refractivity contribution in [2.75, 3.05) is 25.0 Å². The number of carbonyl (C=O) groups excluding carboxylic acids is 1. The van der Waals surface area contributed by atoms with E-state index in [4.69, 9.17) is 4.74 Å². The largest absolute Gasteiger partial charge is 0.489 e. The van der Waals surface area contributed by atoms with Crippen molar-refractivity contribution in [3.63, 3.8) is 0 Å². The summed E-state index contributed by atoms with van der Waals surface area (Å²) < 4.78 is 18.9. The Morgan fingerprint density at radius 3 is 2.63 bits per heavy atom. The van der Waals surface area contributed by atoms with Crippen molar-refractivity contribution in [2.24, 2.45) is 4.99 Å². The van der Waals surface area contributed by atoms with Crippen molar-refractivity contribution >= 4 is 41.5 Å². The molecule has 1 saturated heterocycles. The normalized spacial score (nSPS) is 14.8. The number of ether oxygens (including phenoxy) is 1. The summed E-state index contributed by atoms with van der Waals surface area (Å²) in [7, 11) is 1.70. The van der Waals surface area contributed by atoms with Crippen molar-refractivity contribution in [1.82, 2.24) is 10.6 Å². The lowest BCUT2D eigenvalue weighted by Gasteiger charge is -2.18. The number of aliphatic imine (C=N–C) groups is 1. The highest BCUT2D eigenvalue weighted by Gasteiger charge is 2.21. The second-order valence-corrected chi connectivity index (χ2v) is 7.01. The zero-order chi connectivity index (χ0) is 20.6. The number of halogens is 2. The van der Waals surface area contributed by atoms with Gasteiger partial charge in [-0.05, 0) is 43.2 Å². The van der Waals surface area contributed by atoms with Crippen LogP contribution in [0.15, 0.2) is 53.5 Å². The maximum atomic E-state index is 13.2. The quantitative estimate of drug-likeness (QED) is 0.328. The van der Waals surface area contributed by atoms with Crippen LogP contribution in [0.4, 0.5) is 10.1 Å². The maximum Gasteiger partial charge on any atom is 0.227 e. The maximum absolute atomic E-state index is 13.2. The molecule has 0 aromatic heterocycles. The number of benzene rings is 2. The highest BCUT2D eigenvalue weighted by atomic mass is 127. The number of hydrogen-bond donors (Lipinski definition) is 2. The molecule has 3 rings (SSSR count). The summed E-state index contributed by atoms with van der Waals surface area (Å²) in [5, 5.41) is 6.46. The highest BCUT2D eigenvalue weighted by molar-refractivity contribution is 14.0. The predicted molar refractivity (Wildman–Crippen MR) is 128 cm³/mol. The van der Waals surface area contributed by atoms with E-state index in [0.717, 1.165) is 24.2 Å². The number of hydrogen-bond acceptors (Lipinski definition) is 3. The highest BCUT2D eigenvalue weighted by Crippen LogP contribution is 2.21. The molecule has 0 spiro atoms. The van der Waals surface area contributed by atoms with E-state index in [2.05, 4.69) is 15.6 Å². The number of anilines is 1. The molecule has 162 valence electrons. The van der Waals surface area contributed by atoms with Gasteiger partial charge in [-0.25, -0.2) is 4.39 Å². The lowest BCUT2D eigenvalue weighted by atomic mass is 10.2. The Labute approximate surface area is 193 Å². The molecular weight excluding hydrogens is 498 g/mol. The molecular formula is C22H28FIN4O2. The van der Waals surface area contributed by atoms with Crippen LogP contribution in [0.5, 0.6) is 5.75 Å². The van der Waals surface area contributed by atoms with Gasteiger partial charge in [-0.1, -0.05) is 18.2 Å². The monoisotopic (exact) mass is 526 g/mol. The minimum absolute atomic E-state index is 0. The van der Waals surface area contributed by atoms with Crippen molar-refractivity contribution in [2.45, 2.75) is 32.4 Å². The molecule has 2 aromatic rings. The third kappa shape index (κ3) is 6.86. The molecule has 0 bridgehead atoms. The summed E-state index contributed by atoms with van der Waals surface area (Å²) in [5.41, 5.74) is 2.04. The Kier molecular flexibility index (Phi) is 9.35. The van der Waals surface area contributed by atoms with Crippen LogP contribution in [-0.2, 0) is 11.3 Å². The minimum Gasteiger partial charge on any atom is -0.489 e. The van der Waals surface area contributed by atoms with Crippen molar-refractivity contribution in [1.29, 1.82) is 0 Å². The molecule has 2 aromatic carbocycles. The van der Waals surface area contributed by atoms with Crippen LogP contribution in [-0.4, -0.2) is 38.1 Å². The van der Waals surface area contributed by atoms with Crippen LogP contribution in [0, 0.1) is 5.82 Å². The Morgan fingerprint density at radius 2 is 2.00 bits per heavy atom. The van der Waals surface area contributed by atoms with Gasteiger partial charge in [0.1, 0.15) is 17.7 Å². The molecule has 1 fully saturated rings.